The van der Waals surface area contributed by atoms with E-state index in [1.165, 1.54) is 16.7 Å². The number of carboxylic acids is 1. The van der Waals surface area contributed by atoms with E-state index in [0.717, 1.165) is 15.9 Å². The van der Waals surface area contributed by atoms with Gasteiger partial charge in [0, 0.05) is 5.38 Å². The number of carbonyl (C=O) groups is 2. The van der Waals surface area contributed by atoms with Crippen LogP contribution in [0.15, 0.2) is 10.2 Å². The highest BCUT2D eigenvalue weighted by atomic mass is 32.1. The lowest BCUT2D eigenvalue weighted by Crippen LogP contribution is -2.30. The van der Waals surface area contributed by atoms with Gasteiger partial charge in [0.1, 0.15) is 22.2 Å². The van der Waals surface area contributed by atoms with Crippen LogP contribution in [0.25, 0.3) is 10.2 Å². The van der Waals surface area contributed by atoms with Crippen LogP contribution in [0.5, 0.6) is 0 Å². The largest absolute Gasteiger partial charge is 0.478 e. The van der Waals surface area contributed by atoms with E-state index in [4.69, 9.17) is 0 Å². The number of thiophene rings is 1. The molecule has 11 heteroatoms. The number of rotatable bonds is 4. The molecule has 0 aliphatic rings. The number of amides is 1. The first-order valence-electron chi connectivity index (χ1n) is 6.68. The molecule has 3 aromatic heterocycles. The molecule has 24 heavy (non-hydrogen) atoms. The van der Waals surface area contributed by atoms with Crippen LogP contribution in [0.4, 0.5) is 5.13 Å². The summed E-state index contributed by atoms with van der Waals surface area (Å²) in [7, 11) is 0. The molecule has 3 rings (SSSR count). The van der Waals surface area contributed by atoms with Gasteiger partial charge < -0.3 is 5.11 Å². The van der Waals surface area contributed by atoms with Crippen molar-refractivity contribution in [3.8, 4) is 0 Å². The Labute approximate surface area is 142 Å². The first-order chi connectivity index (χ1) is 11.4. The summed E-state index contributed by atoms with van der Waals surface area (Å²) < 4.78 is 1.14. The number of hydrogen-bond acceptors (Lipinski definition) is 8. The van der Waals surface area contributed by atoms with Gasteiger partial charge >= 0.3 is 5.97 Å². The topological polar surface area (TPSA) is 127 Å². The second-order valence-corrected chi connectivity index (χ2v) is 6.90. The molecule has 2 N–H and O–H groups in total. The molecule has 3 aromatic rings. The monoisotopic (exact) mass is 365 g/mol. The van der Waals surface area contributed by atoms with Gasteiger partial charge in [-0.05, 0) is 13.8 Å². The lowest BCUT2D eigenvalue weighted by Gasteiger charge is -2.09. The number of hydrogen-bond donors (Lipinski definition) is 2. The minimum Gasteiger partial charge on any atom is -0.478 e. The van der Waals surface area contributed by atoms with Crippen molar-refractivity contribution in [1.82, 2.24) is 19.7 Å². The van der Waals surface area contributed by atoms with E-state index in [2.05, 4.69) is 20.5 Å². The van der Waals surface area contributed by atoms with Crippen LogP contribution in [0.1, 0.15) is 21.2 Å². The van der Waals surface area contributed by atoms with Crippen molar-refractivity contribution in [1.29, 1.82) is 0 Å². The molecular formula is C13H11N5O4S2. The Morgan fingerprint density at radius 3 is 2.71 bits per heavy atom. The Hall–Kier alpha value is -2.66. The van der Waals surface area contributed by atoms with Crippen molar-refractivity contribution < 1.29 is 14.7 Å². The van der Waals surface area contributed by atoms with Crippen LogP contribution in [0.2, 0.25) is 0 Å². The van der Waals surface area contributed by atoms with Gasteiger partial charge in [-0.2, -0.15) is 0 Å². The Morgan fingerprint density at radius 2 is 2.08 bits per heavy atom. The van der Waals surface area contributed by atoms with Gasteiger partial charge in [0.2, 0.25) is 11.0 Å². The number of aromatic carboxylic acids is 1. The molecule has 0 aliphatic heterocycles. The summed E-state index contributed by atoms with van der Waals surface area (Å²) in [6.45, 7) is 3.05. The van der Waals surface area contributed by atoms with Gasteiger partial charge in [-0.25, -0.2) is 9.78 Å². The molecule has 0 unspecified atom stereocenters. The highest BCUT2D eigenvalue weighted by molar-refractivity contribution is 7.17. The molecule has 124 valence electrons. The maximum Gasteiger partial charge on any atom is 0.337 e. The highest BCUT2D eigenvalue weighted by Gasteiger charge is 2.19. The zero-order chi connectivity index (χ0) is 17.4. The Bertz CT molecular complexity index is 1020. The predicted molar refractivity (Wildman–Crippen MR) is 88.9 cm³/mol. The second kappa shape index (κ2) is 6.09. The zero-order valence-corrected chi connectivity index (χ0v) is 14.2. The van der Waals surface area contributed by atoms with Gasteiger partial charge in [0.15, 0.2) is 0 Å². The number of anilines is 1. The fourth-order valence-electron chi connectivity index (χ4n) is 2.12. The van der Waals surface area contributed by atoms with Crippen LogP contribution in [0, 0.1) is 13.8 Å². The third-order valence-electron chi connectivity index (χ3n) is 3.19. The minimum atomic E-state index is -1.20. The van der Waals surface area contributed by atoms with Gasteiger partial charge in [-0.15, -0.1) is 21.5 Å². The molecule has 0 aliphatic carbocycles. The van der Waals surface area contributed by atoms with Gasteiger partial charge in [0.25, 0.3) is 5.56 Å². The molecule has 0 saturated carbocycles. The van der Waals surface area contributed by atoms with Crippen LogP contribution >= 0.6 is 22.7 Å². The minimum absolute atomic E-state index is 0.0117. The van der Waals surface area contributed by atoms with Crippen LogP contribution in [-0.4, -0.2) is 36.7 Å². The van der Waals surface area contributed by atoms with Crippen molar-refractivity contribution in [2.24, 2.45) is 0 Å². The smallest absolute Gasteiger partial charge is 0.337 e. The number of aryl methyl sites for hydroxylation is 2. The van der Waals surface area contributed by atoms with E-state index in [1.54, 1.807) is 13.8 Å². The lowest BCUT2D eigenvalue weighted by molar-refractivity contribution is -0.116. The maximum absolute atomic E-state index is 12.6. The summed E-state index contributed by atoms with van der Waals surface area (Å²) in [5.74, 6) is -1.34. The molecule has 0 spiro atoms. The second-order valence-electron chi connectivity index (χ2n) is 4.86. The quantitative estimate of drug-likeness (QED) is 0.712. The molecule has 0 radical (unpaired) electrons. The van der Waals surface area contributed by atoms with Crippen molar-refractivity contribution in [3.63, 3.8) is 0 Å². The fourth-order valence-corrected chi connectivity index (χ4v) is 3.68. The average molecular weight is 365 g/mol. The summed E-state index contributed by atoms with van der Waals surface area (Å²) in [6, 6.07) is 0. The maximum atomic E-state index is 12.6. The molecule has 0 bridgehead atoms. The van der Waals surface area contributed by atoms with Gasteiger partial charge in [-0.3, -0.25) is 19.5 Å². The number of nitrogens with one attached hydrogen (secondary N) is 1. The molecule has 1 amide bonds. The summed E-state index contributed by atoms with van der Waals surface area (Å²) in [5, 5.41) is 21.7. The molecule has 0 atom stereocenters. The van der Waals surface area contributed by atoms with Crippen molar-refractivity contribution in [2.75, 3.05) is 5.32 Å². The lowest BCUT2D eigenvalue weighted by atomic mass is 10.2. The number of aromatic nitrogens is 4. The summed E-state index contributed by atoms with van der Waals surface area (Å²) in [4.78, 5) is 40.5. The average Bonchev–Trinajstić information content (AvgIpc) is 3.09. The van der Waals surface area contributed by atoms with E-state index in [1.807, 2.05) is 0 Å². The Morgan fingerprint density at radius 1 is 1.33 bits per heavy atom. The first kappa shape index (κ1) is 16.2. The predicted octanol–water partition coefficient (Wildman–Crippen LogP) is 1.26. The van der Waals surface area contributed by atoms with Crippen molar-refractivity contribution in [2.45, 2.75) is 20.4 Å². The normalized spacial score (nSPS) is 10.9. The first-order valence-corrected chi connectivity index (χ1v) is 8.38. The van der Waals surface area contributed by atoms with Crippen LogP contribution < -0.4 is 10.9 Å². The van der Waals surface area contributed by atoms with Crippen molar-refractivity contribution in [3.05, 3.63) is 32.1 Å². The van der Waals surface area contributed by atoms with Crippen molar-refractivity contribution >= 4 is 49.9 Å². The highest BCUT2D eigenvalue weighted by Crippen LogP contribution is 2.21. The Kier molecular flexibility index (Phi) is 4.11. The van der Waals surface area contributed by atoms with E-state index in [0.29, 0.717) is 20.8 Å². The summed E-state index contributed by atoms with van der Waals surface area (Å²) in [6.07, 6.45) is 0. The van der Waals surface area contributed by atoms with E-state index in [-0.39, 0.29) is 17.5 Å². The van der Waals surface area contributed by atoms with E-state index >= 15 is 0 Å². The number of nitrogens with zero attached hydrogens (tertiary/aromatic N) is 4. The third kappa shape index (κ3) is 2.90. The standard InChI is InChI=1S/C13H11N5O4S2/c1-5-14-10-9(7(4-23-10)12(21)22)11(20)18(5)3-8(19)15-13-17-16-6(2)24-13/h4H,3H2,1-2H3,(H,21,22)(H,15,17,19). The SMILES string of the molecule is Cc1nnc(NC(=O)Cn2c(C)nc3scc(C(=O)O)c3c2=O)s1. The number of carboxylic acid groups (broad SMARTS) is 1. The summed E-state index contributed by atoms with van der Waals surface area (Å²) in [5.41, 5.74) is -0.666. The Balaban J connectivity index is 1.96. The molecular weight excluding hydrogens is 354 g/mol. The van der Waals surface area contributed by atoms with Gasteiger partial charge in [0.05, 0.1) is 10.9 Å². The molecule has 9 nitrogen and oxygen atoms in total. The molecule has 0 aromatic carbocycles. The van der Waals surface area contributed by atoms with Crippen LogP contribution in [0.3, 0.4) is 0 Å². The number of fused-ring (bicyclic) bond motifs is 1. The molecule has 0 fully saturated rings. The third-order valence-corrected chi connectivity index (χ3v) is 4.82. The van der Waals surface area contributed by atoms with Gasteiger partial charge in [-0.1, -0.05) is 11.3 Å². The zero-order valence-electron chi connectivity index (χ0n) is 12.6. The van der Waals surface area contributed by atoms with E-state index < -0.39 is 17.4 Å². The van der Waals surface area contributed by atoms with Crippen LogP contribution in [-0.2, 0) is 11.3 Å². The van der Waals surface area contributed by atoms with E-state index in [9.17, 15) is 19.5 Å². The fraction of sp³-hybridized carbons (Fsp3) is 0.231. The summed E-state index contributed by atoms with van der Waals surface area (Å²) >= 11 is 2.29. The number of carbonyl (C=O) groups excluding carboxylic acids is 1. The molecule has 3 heterocycles. The molecule has 0 saturated heterocycles.